The van der Waals surface area contributed by atoms with Gasteiger partial charge >= 0.3 is 0 Å². The summed E-state index contributed by atoms with van der Waals surface area (Å²) in [5.74, 6) is 0.190. The van der Waals surface area contributed by atoms with Crippen molar-refractivity contribution < 1.29 is 14.6 Å². The minimum absolute atomic E-state index is 0.0646. The minimum Gasteiger partial charge on any atom is -0.394 e. The zero-order chi connectivity index (χ0) is 12.1. The lowest BCUT2D eigenvalue weighted by Crippen LogP contribution is -2.38. The first-order valence-electron chi connectivity index (χ1n) is 6.83. The molecule has 2 atom stereocenters. The summed E-state index contributed by atoms with van der Waals surface area (Å²) in [6.45, 7) is 1.77. The number of hydrogen-bond acceptors (Lipinski definition) is 3. The van der Waals surface area contributed by atoms with Crippen LogP contribution in [0.2, 0.25) is 0 Å². The van der Waals surface area contributed by atoms with Gasteiger partial charge in [0.15, 0.2) is 0 Å². The summed E-state index contributed by atoms with van der Waals surface area (Å²) in [7, 11) is 0. The monoisotopic (exact) mass is 241 g/mol. The molecule has 2 rings (SSSR count). The van der Waals surface area contributed by atoms with Crippen molar-refractivity contribution in [3.8, 4) is 0 Å². The third-order valence-electron chi connectivity index (χ3n) is 3.86. The van der Waals surface area contributed by atoms with Gasteiger partial charge in [0.1, 0.15) is 0 Å². The Labute approximate surface area is 103 Å². The van der Waals surface area contributed by atoms with Crippen LogP contribution in [-0.2, 0) is 9.53 Å². The number of aliphatic hydroxyl groups excluding tert-OH is 1. The van der Waals surface area contributed by atoms with E-state index in [0.717, 1.165) is 45.3 Å². The summed E-state index contributed by atoms with van der Waals surface area (Å²) in [5.41, 5.74) is 0. The van der Waals surface area contributed by atoms with Crippen molar-refractivity contribution in [2.75, 3.05) is 19.8 Å². The molecule has 17 heavy (non-hydrogen) atoms. The van der Waals surface area contributed by atoms with Crippen molar-refractivity contribution in [1.29, 1.82) is 0 Å². The summed E-state index contributed by atoms with van der Waals surface area (Å²) < 4.78 is 5.62. The van der Waals surface area contributed by atoms with Crippen LogP contribution in [0.3, 0.4) is 0 Å². The molecule has 2 heterocycles. The lowest BCUT2D eigenvalue weighted by atomic mass is 10.0. The molecule has 1 N–H and O–H groups in total. The van der Waals surface area contributed by atoms with Crippen molar-refractivity contribution >= 4 is 5.91 Å². The van der Waals surface area contributed by atoms with Crippen LogP contribution in [0.1, 0.15) is 44.9 Å². The van der Waals surface area contributed by atoms with Gasteiger partial charge in [0.25, 0.3) is 0 Å². The van der Waals surface area contributed by atoms with E-state index in [1.807, 2.05) is 4.90 Å². The van der Waals surface area contributed by atoms with Gasteiger partial charge in [0.2, 0.25) is 5.91 Å². The van der Waals surface area contributed by atoms with Crippen LogP contribution in [0, 0.1) is 0 Å². The number of rotatable bonds is 4. The van der Waals surface area contributed by atoms with Gasteiger partial charge in [0, 0.05) is 19.6 Å². The van der Waals surface area contributed by atoms with E-state index in [1.165, 1.54) is 6.42 Å². The Hall–Kier alpha value is -0.610. The van der Waals surface area contributed by atoms with Crippen LogP contribution in [0.25, 0.3) is 0 Å². The number of likely N-dealkylation sites (tertiary alicyclic amines) is 1. The van der Waals surface area contributed by atoms with E-state index in [0.29, 0.717) is 6.42 Å². The SMILES string of the molecule is O=C(CCC1CCCCO1)N1CCC[C@H]1CO. The lowest BCUT2D eigenvalue weighted by molar-refractivity contribution is -0.133. The van der Waals surface area contributed by atoms with Crippen molar-refractivity contribution in [1.82, 2.24) is 4.90 Å². The topological polar surface area (TPSA) is 49.8 Å². The van der Waals surface area contributed by atoms with Crippen molar-refractivity contribution in [3.05, 3.63) is 0 Å². The maximum Gasteiger partial charge on any atom is 0.222 e. The maximum absolute atomic E-state index is 12.0. The highest BCUT2D eigenvalue weighted by Crippen LogP contribution is 2.21. The molecule has 0 aromatic rings. The molecule has 98 valence electrons. The lowest BCUT2D eigenvalue weighted by Gasteiger charge is -2.26. The average Bonchev–Trinajstić information content (AvgIpc) is 2.85. The standard InChI is InChI=1S/C13H23NO3/c15-10-11-4-3-8-14(11)13(16)7-6-12-5-1-2-9-17-12/h11-12,15H,1-10H2/t11-,12?/m0/s1. The largest absolute Gasteiger partial charge is 0.394 e. The highest BCUT2D eigenvalue weighted by atomic mass is 16.5. The Bertz CT molecular complexity index is 251. The van der Waals surface area contributed by atoms with Gasteiger partial charge < -0.3 is 14.7 Å². The van der Waals surface area contributed by atoms with E-state index in [4.69, 9.17) is 4.74 Å². The van der Waals surface area contributed by atoms with E-state index in [9.17, 15) is 9.90 Å². The second-order valence-electron chi connectivity index (χ2n) is 5.09. The summed E-state index contributed by atoms with van der Waals surface area (Å²) in [4.78, 5) is 13.9. The normalized spacial score (nSPS) is 29.6. The van der Waals surface area contributed by atoms with E-state index in [1.54, 1.807) is 0 Å². The van der Waals surface area contributed by atoms with E-state index < -0.39 is 0 Å². The summed E-state index contributed by atoms with van der Waals surface area (Å²) in [6.07, 6.45) is 7.14. The summed E-state index contributed by atoms with van der Waals surface area (Å²) in [6, 6.07) is 0.0646. The van der Waals surface area contributed by atoms with Gasteiger partial charge in [-0.3, -0.25) is 4.79 Å². The molecule has 1 amide bonds. The molecule has 2 fully saturated rings. The fourth-order valence-corrected chi connectivity index (χ4v) is 2.82. The molecule has 4 nitrogen and oxygen atoms in total. The van der Waals surface area contributed by atoms with Gasteiger partial charge in [-0.15, -0.1) is 0 Å². The zero-order valence-corrected chi connectivity index (χ0v) is 10.4. The zero-order valence-electron chi connectivity index (χ0n) is 10.4. The number of carbonyl (C=O) groups excluding carboxylic acids is 1. The molecule has 2 saturated heterocycles. The molecule has 0 radical (unpaired) electrons. The van der Waals surface area contributed by atoms with E-state index >= 15 is 0 Å². The van der Waals surface area contributed by atoms with Gasteiger partial charge in [0.05, 0.1) is 18.8 Å². The Morgan fingerprint density at radius 2 is 2.18 bits per heavy atom. The molecule has 2 aliphatic heterocycles. The fourth-order valence-electron chi connectivity index (χ4n) is 2.82. The third-order valence-corrected chi connectivity index (χ3v) is 3.86. The first kappa shape index (κ1) is 12.8. The predicted octanol–water partition coefficient (Wildman–Crippen LogP) is 1.32. The summed E-state index contributed by atoms with van der Waals surface area (Å²) >= 11 is 0. The van der Waals surface area contributed by atoms with Crippen LogP contribution < -0.4 is 0 Å². The van der Waals surface area contributed by atoms with Crippen LogP contribution in [0.5, 0.6) is 0 Å². The quantitative estimate of drug-likeness (QED) is 0.807. The molecule has 0 spiro atoms. The first-order chi connectivity index (χ1) is 8.31. The van der Waals surface area contributed by atoms with Gasteiger partial charge in [-0.1, -0.05) is 0 Å². The van der Waals surface area contributed by atoms with Crippen molar-refractivity contribution in [2.45, 2.75) is 57.1 Å². The Morgan fingerprint density at radius 3 is 2.88 bits per heavy atom. The molecule has 2 aliphatic rings. The molecular formula is C13H23NO3. The van der Waals surface area contributed by atoms with Crippen molar-refractivity contribution in [2.24, 2.45) is 0 Å². The molecule has 1 unspecified atom stereocenters. The minimum atomic E-state index is 0.0646. The van der Waals surface area contributed by atoms with E-state index in [-0.39, 0.29) is 24.7 Å². The number of nitrogens with zero attached hydrogens (tertiary/aromatic N) is 1. The van der Waals surface area contributed by atoms with E-state index in [2.05, 4.69) is 0 Å². The number of ether oxygens (including phenoxy) is 1. The number of aliphatic hydroxyl groups is 1. The summed E-state index contributed by atoms with van der Waals surface area (Å²) in [5, 5.41) is 9.18. The molecule has 4 heteroatoms. The Balaban J connectivity index is 1.72. The van der Waals surface area contributed by atoms with Gasteiger partial charge in [-0.25, -0.2) is 0 Å². The van der Waals surface area contributed by atoms with Crippen LogP contribution in [-0.4, -0.2) is 47.8 Å². The average molecular weight is 241 g/mol. The molecular weight excluding hydrogens is 218 g/mol. The Morgan fingerprint density at radius 1 is 1.29 bits per heavy atom. The number of amides is 1. The maximum atomic E-state index is 12.0. The predicted molar refractivity (Wildman–Crippen MR) is 64.6 cm³/mol. The number of hydrogen-bond donors (Lipinski definition) is 1. The molecule has 0 aliphatic carbocycles. The number of carbonyl (C=O) groups is 1. The first-order valence-corrected chi connectivity index (χ1v) is 6.83. The molecule has 0 aromatic carbocycles. The molecule has 0 bridgehead atoms. The molecule has 0 saturated carbocycles. The van der Waals surface area contributed by atoms with Crippen LogP contribution in [0.4, 0.5) is 0 Å². The third kappa shape index (κ3) is 3.42. The highest BCUT2D eigenvalue weighted by molar-refractivity contribution is 5.76. The highest BCUT2D eigenvalue weighted by Gasteiger charge is 2.28. The van der Waals surface area contributed by atoms with Crippen LogP contribution in [0.15, 0.2) is 0 Å². The van der Waals surface area contributed by atoms with Crippen molar-refractivity contribution in [3.63, 3.8) is 0 Å². The molecule has 0 aromatic heterocycles. The van der Waals surface area contributed by atoms with Crippen LogP contribution >= 0.6 is 0 Å². The second-order valence-corrected chi connectivity index (χ2v) is 5.09. The van der Waals surface area contributed by atoms with Gasteiger partial charge in [-0.2, -0.15) is 0 Å². The smallest absolute Gasteiger partial charge is 0.222 e. The second kappa shape index (κ2) is 6.36. The fraction of sp³-hybridized carbons (Fsp3) is 0.923. The Kier molecular flexibility index (Phi) is 4.80. The van der Waals surface area contributed by atoms with Gasteiger partial charge in [-0.05, 0) is 38.5 Å².